The van der Waals surface area contributed by atoms with Crippen molar-refractivity contribution in [1.29, 1.82) is 0 Å². The molecule has 3 atom stereocenters. The van der Waals surface area contributed by atoms with Crippen LogP contribution in [0, 0.1) is 10.1 Å². The van der Waals surface area contributed by atoms with E-state index in [-0.39, 0.29) is 22.6 Å². The lowest BCUT2D eigenvalue weighted by atomic mass is 9.78. The first-order chi connectivity index (χ1) is 14.6. The van der Waals surface area contributed by atoms with E-state index in [1.165, 1.54) is 70.3 Å². The molecule has 0 N–H and O–H groups in total. The minimum Gasteiger partial charge on any atom is -0.303 e. The maximum Gasteiger partial charge on any atom is 0.292 e. The molecule has 3 fully saturated rings. The second-order valence-corrected chi connectivity index (χ2v) is 9.44. The standard InChI is InChI=1S/C24H35N3O3/c1-18(28)25(23-14-7-8-15-24(23)27(29)30)22-16-20-12-9-13-21(17-22)26(20)19-10-5-3-2-4-6-11-19/h7-8,14-15,19-22H,2-6,9-13,16-17H2,1H3/t20-,21+,22?. The zero-order chi connectivity index (χ0) is 21.1. The number of anilines is 1. The van der Waals surface area contributed by atoms with Gasteiger partial charge < -0.3 is 4.90 Å². The van der Waals surface area contributed by atoms with Gasteiger partial charge in [0.15, 0.2) is 0 Å². The molecule has 1 aromatic carbocycles. The Bertz CT molecular complexity index is 746. The highest BCUT2D eigenvalue weighted by Crippen LogP contribution is 2.42. The Kier molecular flexibility index (Phi) is 6.71. The quantitative estimate of drug-likeness (QED) is 0.486. The van der Waals surface area contributed by atoms with Gasteiger partial charge in [-0.25, -0.2) is 0 Å². The van der Waals surface area contributed by atoms with E-state index in [1.54, 1.807) is 30.0 Å². The van der Waals surface area contributed by atoms with E-state index in [0.717, 1.165) is 12.8 Å². The van der Waals surface area contributed by atoms with Crippen LogP contribution in [0.1, 0.15) is 84.0 Å². The van der Waals surface area contributed by atoms with Gasteiger partial charge in [0.2, 0.25) is 5.91 Å². The number of nitro benzene ring substituents is 1. The Morgan fingerprint density at radius 2 is 1.50 bits per heavy atom. The number of nitrogens with zero attached hydrogens (tertiary/aromatic N) is 3. The molecule has 164 valence electrons. The minimum atomic E-state index is -0.365. The Morgan fingerprint density at radius 3 is 2.10 bits per heavy atom. The van der Waals surface area contributed by atoms with E-state index in [9.17, 15) is 14.9 Å². The van der Waals surface area contributed by atoms with Crippen molar-refractivity contribution < 1.29 is 9.72 Å². The summed E-state index contributed by atoms with van der Waals surface area (Å²) in [5.41, 5.74) is 0.484. The largest absolute Gasteiger partial charge is 0.303 e. The summed E-state index contributed by atoms with van der Waals surface area (Å²) < 4.78 is 0. The van der Waals surface area contributed by atoms with Gasteiger partial charge in [-0.3, -0.25) is 19.8 Å². The summed E-state index contributed by atoms with van der Waals surface area (Å²) in [6, 6.07) is 8.43. The molecule has 6 nitrogen and oxygen atoms in total. The van der Waals surface area contributed by atoms with Gasteiger partial charge in [-0.05, 0) is 44.6 Å². The van der Waals surface area contributed by atoms with Crippen molar-refractivity contribution in [3.05, 3.63) is 34.4 Å². The number of nitro groups is 1. The monoisotopic (exact) mass is 413 g/mol. The fourth-order valence-electron chi connectivity index (χ4n) is 6.37. The summed E-state index contributed by atoms with van der Waals surface area (Å²) in [6.45, 7) is 1.55. The molecule has 0 aromatic heterocycles. The lowest BCUT2D eigenvalue weighted by Crippen LogP contribution is -2.60. The molecule has 2 heterocycles. The van der Waals surface area contributed by atoms with E-state index >= 15 is 0 Å². The summed E-state index contributed by atoms with van der Waals surface area (Å²) in [7, 11) is 0. The molecule has 30 heavy (non-hydrogen) atoms. The lowest BCUT2D eigenvalue weighted by Gasteiger charge is -2.54. The second-order valence-electron chi connectivity index (χ2n) is 9.44. The molecule has 2 saturated heterocycles. The van der Waals surface area contributed by atoms with Crippen LogP contribution in [-0.2, 0) is 4.79 Å². The number of fused-ring (bicyclic) bond motifs is 2. The van der Waals surface area contributed by atoms with Crippen molar-refractivity contribution >= 4 is 17.3 Å². The van der Waals surface area contributed by atoms with Gasteiger partial charge in [-0.2, -0.15) is 0 Å². The Labute approximate surface area is 179 Å². The Balaban J connectivity index is 1.58. The minimum absolute atomic E-state index is 0.0281. The first kappa shape index (κ1) is 21.3. The lowest BCUT2D eigenvalue weighted by molar-refractivity contribution is -0.384. The van der Waals surface area contributed by atoms with Crippen LogP contribution in [0.3, 0.4) is 0 Å². The first-order valence-electron chi connectivity index (χ1n) is 11.9. The molecule has 0 spiro atoms. The summed E-state index contributed by atoms with van der Waals surface area (Å²) in [4.78, 5) is 28.5. The smallest absolute Gasteiger partial charge is 0.292 e. The molecule has 1 saturated carbocycles. The average molecular weight is 414 g/mol. The zero-order valence-corrected chi connectivity index (χ0v) is 18.2. The third-order valence-corrected chi connectivity index (χ3v) is 7.54. The van der Waals surface area contributed by atoms with Crippen LogP contribution in [-0.4, -0.2) is 39.9 Å². The van der Waals surface area contributed by atoms with Crippen LogP contribution in [0.4, 0.5) is 11.4 Å². The molecule has 1 unspecified atom stereocenters. The van der Waals surface area contributed by atoms with Gasteiger partial charge in [-0.1, -0.05) is 50.7 Å². The van der Waals surface area contributed by atoms with Crippen LogP contribution in [0.25, 0.3) is 0 Å². The van der Waals surface area contributed by atoms with Crippen LogP contribution >= 0.6 is 0 Å². The van der Waals surface area contributed by atoms with Gasteiger partial charge in [0, 0.05) is 37.2 Å². The van der Waals surface area contributed by atoms with E-state index in [4.69, 9.17) is 0 Å². The average Bonchev–Trinajstić information content (AvgIpc) is 2.67. The number of amides is 1. The highest BCUT2D eigenvalue weighted by atomic mass is 16.6. The highest BCUT2D eigenvalue weighted by molar-refractivity contribution is 5.94. The molecule has 2 bridgehead atoms. The van der Waals surface area contributed by atoms with E-state index in [1.807, 2.05) is 0 Å². The van der Waals surface area contributed by atoms with Crippen molar-refractivity contribution in [2.75, 3.05) is 4.90 Å². The maximum absolute atomic E-state index is 12.7. The fraction of sp³-hybridized carbons (Fsp3) is 0.708. The number of piperidine rings is 2. The van der Waals surface area contributed by atoms with Crippen molar-refractivity contribution in [3.63, 3.8) is 0 Å². The predicted molar refractivity (Wildman–Crippen MR) is 119 cm³/mol. The number of para-hydroxylation sites is 2. The molecule has 4 rings (SSSR count). The van der Waals surface area contributed by atoms with Gasteiger partial charge in [0.05, 0.1) is 4.92 Å². The number of rotatable bonds is 4. The summed E-state index contributed by atoms with van der Waals surface area (Å²) >= 11 is 0. The van der Waals surface area contributed by atoms with Crippen LogP contribution < -0.4 is 4.90 Å². The molecule has 1 amide bonds. The number of carbonyl (C=O) groups is 1. The highest BCUT2D eigenvalue weighted by Gasteiger charge is 2.44. The number of carbonyl (C=O) groups excluding carboxylic acids is 1. The van der Waals surface area contributed by atoms with Crippen LogP contribution in [0.5, 0.6) is 0 Å². The first-order valence-corrected chi connectivity index (χ1v) is 11.9. The van der Waals surface area contributed by atoms with Crippen molar-refractivity contribution in [1.82, 2.24) is 4.90 Å². The molecular weight excluding hydrogens is 378 g/mol. The topological polar surface area (TPSA) is 66.7 Å². The molecule has 6 heteroatoms. The van der Waals surface area contributed by atoms with Gasteiger partial charge >= 0.3 is 0 Å². The Hall–Kier alpha value is -1.95. The Morgan fingerprint density at radius 1 is 0.933 bits per heavy atom. The van der Waals surface area contributed by atoms with E-state index < -0.39 is 0 Å². The van der Waals surface area contributed by atoms with E-state index in [2.05, 4.69) is 4.90 Å². The summed E-state index contributed by atoms with van der Waals surface area (Å²) in [6.07, 6.45) is 14.9. The third kappa shape index (κ3) is 4.39. The van der Waals surface area contributed by atoms with Crippen molar-refractivity contribution in [2.24, 2.45) is 0 Å². The number of benzene rings is 1. The van der Waals surface area contributed by atoms with E-state index in [0.29, 0.717) is 23.8 Å². The fourth-order valence-corrected chi connectivity index (χ4v) is 6.37. The normalized spacial score (nSPS) is 28.4. The summed E-state index contributed by atoms with van der Waals surface area (Å²) in [5, 5.41) is 11.6. The predicted octanol–water partition coefficient (Wildman–Crippen LogP) is 5.45. The van der Waals surface area contributed by atoms with Crippen molar-refractivity contribution in [2.45, 2.75) is 108 Å². The molecule has 2 aliphatic heterocycles. The van der Waals surface area contributed by atoms with Gasteiger partial charge in [-0.15, -0.1) is 0 Å². The number of hydrogen-bond acceptors (Lipinski definition) is 4. The third-order valence-electron chi connectivity index (χ3n) is 7.54. The zero-order valence-electron chi connectivity index (χ0n) is 18.2. The molecule has 1 aromatic rings. The second kappa shape index (κ2) is 9.46. The molecule has 3 aliphatic rings. The van der Waals surface area contributed by atoms with Crippen LogP contribution in [0.2, 0.25) is 0 Å². The molecule has 0 radical (unpaired) electrons. The van der Waals surface area contributed by atoms with Crippen molar-refractivity contribution in [3.8, 4) is 0 Å². The summed E-state index contributed by atoms with van der Waals surface area (Å²) in [5.74, 6) is -0.0909. The number of hydrogen-bond donors (Lipinski definition) is 0. The van der Waals surface area contributed by atoms with Gasteiger partial charge in [0.25, 0.3) is 5.69 Å². The molecular formula is C24H35N3O3. The molecule has 1 aliphatic carbocycles. The maximum atomic E-state index is 12.7. The van der Waals surface area contributed by atoms with Gasteiger partial charge in [0.1, 0.15) is 5.69 Å². The van der Waals surface area contributed by atoms with Crippen LogP contribution in [0.15, 0.2) is 24.3 Å². The SMILES string of the molecule is CC(=O)N(c1ccccc1[N+](=O)[O-])C1C[C@H]2CCC[C@@H](C1)N2C1CCCCCCC1.